The second-order valence-corrected chi connectivity index (χ2v) is 6.61. The van der Waals surface area contributed by atoms with Gasteiger partial charge in [-0.1, -0.05) is 24.8 Å². The highest BCUT2D eigenvalue weighted by Crippen LogP contribution is 2.28. The van der Waals surface area contributed by atoms with Gasteiger partial charge in [-0.15, -0.1) is 0 Å². The lowest BCUT2D eigenvalue weighted by molar-refractivity contribution is 0.120. The summed E-state index contributed by atoms with van der Waals surface area (Å²) in [6.45, 7) is 3.60. The Labute approximate surface area is 150 Å². The quantitative estimate of drug-likeness (QED) is 0.749. The summed E-state index contributed by atoms with van der Waals surface area (Å²) >= 11 is 0. The van der Waals surface area contributed by atoms with E-state index in [1.165, 1.54) is 18.6 Å². The highest BCUT2D eigenvalue weighted by molar-refractivity contribution is 5.85. The van der Waals surface area contributed by atoms with E-state index < -0.39 is 0 Å². The van der Waals surface area contributed by atoms with Gasteiger partial charge in [-0.3, -0.25) is 4.79 Å². The fourth-order valence-corrected chi connectivity index (χ4v) is 3.13. The number of aromatic amines is 1. The van der Waals surface area contributed by atoms with Crippen LogP contribution >= 0.6 is 0 Å². The van der Waals surface area contributed by atoms with Crippen LogP contribution in [-0.2, 0) is 6.42 Å². The molecule has 5 heteroatoms. The molecule has 0 saturated heterocycles. The number of hydrogen-bond donors (Lipinski definition) is 1. The van der Waals surface area contributed by atoms with E-state index in [1.54, 1.807) is 12.1 Å². The first-order valence-electron chi connectivity index (χ1n) is 8.73. The van der Waals surface area contributed by atoms with Crippen LogP contribution < -0.4 is 10.3 Å². The van der Waals surface area contributed by atoms with E-state index >= 15 is 0 Å². The number of nitrogens with one attached hydrogen (secondary N) is 1. The summed E-state index contributed by atoms with van der Waals surface area (Å²) in [6.07, 6.45) is 5.47. The zero-order chi connectivity index (χ0) is 18.1. The second kappa shape index (κ2) is 6.75. The number of benzene rings is 2. The Morgan fingerprint density at radius 1 is 1.23 bits per heavy atom. The average Bonchev–Trinajstić information content (AvgIpc) is 2.61. The minimum absolute atomic E-state index is 0.243. The average molecular weight is 350 g/mol. The van der Waals surface area contributed by atoms with Crippen molar-refractivity contribution in [3.8, 4) is 5.75 Å². The molecule has 1 aromatic heterocycles. The molecular weight excluding hydrogens is 331 g/mol. The van der Waals surface area contributed by atoms with Crippen LogP contribution in [0.1, 0.15) is 36.1 Å². The van der Waals surface area contributed by atoms with Crippen molar-refractivity contribution >= 4 is 16.8 Å². The van der Waals surface area contributed by atoms with E-state index in [1.807, 2.05) is 18.2 Å². The number of aromatic nitrogens is 2. The van der Waals surface area contributed by atoms with Crippen LogP contribution in [0.2, 0.25) is 0 Å². The summed E-state index contributed by atoms with van der Waals surface area (Å²) in [5.74, 6) is 0.421. The maximum absolute atomic E-state index is 14.0. The van der Waals surface area contributed by atoms with Gasteiger partial charge in [-0.25, -0.2) is 9.49 Å². The third-order valence-electron chi connectivity index (χ3n) is 4.85. The van der Waals surface area contributed by atoms with Crippen LogP contribution in [-0.4, -0.2) is 16.3 Å². The van der Waals surface area contributed by atoms with Crippen molar-refractivity contribution in [3.05, 3.63) is 76.0 Å². The molecule has 0 radical (unpaired) electrons. The minimum Gasteiger partial charge on any atom is -0.490 e. The Bertz CT molecular complexity index is 1040. The van der Waals surface area contributed by atoms with Crippen LogP contribution in [0.4, 0.5) is 4.39 Å². The van der Waals surface area contributed by atoms with Crippen molar-refractivity contribution in [1.29, 1.82) is 0 Å². The predicted octanol–water partition coefficient (Wildman–Crippen LogP) is 4.23. The molecule has 1 fully saturated rings. The van der Waals surface area contributed by atoms with Gasteiger partial charge in [0.2, 0.25) is 0 Å². The topological polar surface area (TPSA) is 55.0 Å². The molecule has 1 aliphatic rings. The molecule has 0 amide bonds. The lowest BCUT2D eigenvalue weighted by Crippen LogP contribution is -2.24. The van der Waals surface area contributed by atoms with E-state index in [-0.39, 0.29) is 17.5 Å². The monoisotopic (exact) mass is 350 g/mol. The molecule has 26 heavy (non-hydrogen) atoms. The summed E-state index contributed by atoms with van der Waals surface area (Å²) < 4.78 is 20.0. The molecule has 0 unspecified atom stereocenters. The van der Waals surface area contributed by atoms with Gasteiger partial charge in [-0.05, 0) is 49.1 Å². The third kappa shape index (κ3) is 3.12. The number of rotatable bonds is 5. The van der Waals surface area contributed by atoms with E-state index in [2.05, 4.69) is 16.8 Å². The second-order valence-electron chi connectivity index (χ2n) is 6.61. The lowest BCUT2D eigenvalue weighted by atomic mass is 9.96. The van der Waals surface area contributed by atoms with Gasteiger partial charge in [0.25, 0.3) is 5.56 Å². The number of halogens is 1. The van der Waals surface area contributed by atoms with Gasteiger partial charge < -0.3 is 4.74 Å². The summed E-state index contributed by atoms with van der Waals surface area (Å²) in [6, 6.07) is 10.4. The standard InChI is InChI=1S/C21H19FN2O2/c1-2-14-7-6-13(10-19(14)22)11-20-18-12-16(26-15-4-3-5-15)8-9-17(18)21(25)24-23-20/h2,6-10,12,15H,1,3-5,11H2,(H,24,25). The SMILES string of the molecule is C=Cc1ccc(Cc2n[nH]c(=O)c3ccc(OC4CCC4)cc23)cc1F. The maximum atomic E-state index is 14.0. The molecule has 0 atom stereocenters. The molecule has 3 aromatic rings. The zero-order valence-electron chi connectivity index (χ0n) is 14.3. The zero-order valence-corrected chi connectivity index (χ0v) is 14.3. The van der Waals surface area contributed by atoms with Crippen LogP contribution in [0.5, 0.6) is 5.75 Å². The summed E-state index contributed by atoms with van der Waals surface area (Å²) in [7, 11) is 0. The van der Waals surface area contributed by atoms with Crippen LogP contribution in [0.25, 0.3) is 16.8 Å². The Morgan fingerprint density at radius 2 is 2.08 bits per heavy atom. The Balaban J connectivity index is 1.72. The van der Waals surface area contributed by atoms with Gasteiger partial charge in [0.05, 0.1) is 17.2 Å². The van der Waals surface area contributed by atoms with E-state index in [0.29, 0.717) is 23.1 Å². The number of nitrogens with zero attached hydrogens (tertiary/aromatic N) is 1. The molecule has 2 aromatic carbocycles. The van der Waals surface area contributed by atoms with Gasteiger partial charge in [0.1, 0.15) is 11.6 Å². The molecule has 0 bridgehead atoms. The normalized spacial score (nSPS) is 14.2. The van der Waals surface area contributed by atoms with E-state index in [0.717, 1.165) is 29.5 Å². The smallest absolute Gasteiger partial charge is 0.272 e. The Morgan fingerprint density at radius 3 is 2.77 bits per heavy atom. The fraction of sp³-hybridized carbons (Fsp3) is 0.238. The molecule has 4 rings (SSSR count). The van der Waals surface area contributed by atoms with E-state index in [4.69, 9.17) is 4.74 Å². The van der Waals surface area contributed by atoms with Crippen molar-refractivity contribution in [2.45, 2.75) is 31.8 Å². The minimum atomic E-state index is -0.319. The van der Waals surface area contributed by atoms with Crippen molar-refractivity contribution in [3.63, 3.8) is 0 Å². The Hall–Kier alpha value is -2.95. The molecule has 0 spiro atoms. The largest absolute Gasteiger partial charge is 0.490 e. The fourth-order valence-electron chi connectivity index (χ4n) is 3.13. The number of ether oxygens (including phenoxy) is 1. The number of H-pyrrole nitrogens is 1. The number of fused-ring (bicyclic) bond motifs is 1. The van der Waals surface area contributed by atoms with Crippen LogP contribution in [0.15, 0.2) is 47.8 Å². The summed E-state index contributed by atoms with van der Waals surface area (Å²) in [5, 5.41) is 8.01. The van der Waals surface area contributed by atoms with Gasteiger partial charge in [0.15, 0.2) is 0 Å². The molecule has 1 N–H and O–H groups in total. The van der Waals surface area contributed by atoms with Gasteiger partial charge in [-0.2, -0.15) is 5.10 Å². The first-order chi connectivity index (χ1) is 12.6. The van der Waals surface area contributed by atoms with E-state index in [9.17, 15) is 9.18 Å². The van der Waals surface area contributed by atoms with Crippen molar-refractivity contribution in [1.82, 2.24) is 10.2 Å². The van der Waals surface area contributed by atoms with Crippen LogP contribution in [0.3, 0.4) is 0 Å². The molecule has 132 valence electrons. The molecule has 4 nitrogen and oxygen atoms in total. The van der Waals surface area contributed by atoms with Crippen molar-refractivity contribution < 1.29 is 9.13 Å². The van der Waals surface area contributed by atoms with Crippen molar-refractivity contribution in [2.75, 3.05) is 0 Å². The molecular formula is C21H19FN2O2. The van der Waals surface area contributed by atoms with Gasteiger partial charge in [0, 0.05) is 17.4 Å². The molecule has 1 heterocycles. The summed E-state index contributed by atoms with van der Waals surface area (Å²) in [4.78, 5) is 12.1. The highest BCUT2D eigenvalue weighted by atomic mass is 19.1. The van der Waals surface area contributed by atoms with Crippen LogP contribution in [0, 0.1) is 5.82 Å². The molecule has 1 aliphatic carbocycles. The Kier molecular flexibility index (Phi) is 4.29. The molecule has 0 aliphatic heterocycles. The maximum Gasteiger partial charge on any atom is 0.272 e. The summed E-state index contributed by atoms with van der Waals surface area (Å²) in [5.41, 5.74) is 1.68. The third-order valence-corrected chi connectivity index (χ3v) is 4.85. The van der Waals surface area contributed by atoms with Gasteiger partial charge >= 0.3 is 0 Å². The number of hydrogen-bond acceptors (Lipinski definition) is 3. The highest BCUT2D eigenvalue weighted by Gasteiger charge is 2.19. The lowest BCUT2D eigenvalue weighted by Gasteiger charge is -2.26. The first-order valence-corrected chi connectivity index (χ1v) is 8.73. The van der Waals surface area contributed by atoms with Crippen molar-refractivity contribution in [2.24, 2.45) is 0 Å². The molecule has 1 saturated carbocycles. The predicted molar refractivity (Wildman–Crippen MR) is 99.9 cm³/mol. The first kappa shape index (κ1) is 16.5.